The monoisotopic (exact) mass is 226 g/mol. The summed E-state index contributed by atoms with van der Waals surface area (Å²) in [6, 6.07) is 1.43. The molecule has 1 rings (SSSR count). The molecule has 0 saturated heterocycles. The SMILES string of the molecule is CN(C)CCNc1cc(=O)n(C)c(=O)n1C. The summed E-state index contributed by atoms with van der Waals surface area (Å²) >= 11 is 0. The van der Waals surface area contributed by atoms with E-state index in [0.29, 0.717) is 12.4 Å². The van der Waals surface area contributed by atoms with Crippen molar-refractivity contribution in [1.82, 2.24) is 14.0 Å². The van der Waals surface area contributed by atoms with Crippen molar-refractivity contribution in [2.75, 3.05) is 32.5 Å². The molecule has 0 amide bonds. The van der Waals surface area contributed by atoms with Crippen LogP contribution in [0.5, 0.6) is 0 Å². The van der Waals surface area contributed by atoms with E-state index in [4.69, 9.17) is 0 Å². The fourth-order valence-electron chi connectivity index (χ4n) is 1.31. The molecule has 0 spiro atoms. The molecule has 0 aliphatic heterocycles. The summed E-state index contributed by atoms with van der Waals surface area (Å²) in [4.78, 5) is 25.0. The smallest absolute Gasteiger partial charge is 0.332 e. The molecular weight excluding hydrogens is 208 g/mol. The number of hydrogen-bond donors (Lipinski definition) is 1. The minimum atomic E-state index is -0.320. The van der Waals surface area contributed by atoms with Gasteiger partial charge in [0.1, 0.15) is 5.82 Å². The number of nitrogens with zero attached hydrogens (tertiary/aromatic N) is 3. The average Bonchev–Trinajstić information content (AvgIpc) is 2.22. The first kappa shape index (κ1) is 12.5. The summed E-state index contributed by atoms with van der Waals surface area (Å²) in [6.45, 7) is 1.52. The highest BCUT2D eigenvalue weighted by molar-refractivity contribution is 5.33. The van der Waals surface area contributed by atoms with Gasteiger partial charge in [0.25, 0.3) is 5.56 Å². The first-order valence-electron chi connectivity index (χ1n) is 5.09. The molecule has 6 nitrogen and oxygen atoms in total. The summed E-state index contributed by atoms with van der Waals surface area (Å²) < 4.78 is 2.51. The van der Waals surface area contributed by atoms with E-state index in [1.54, 1.807) is 7.05 Å². The van der Waals surface area contributed by atoms with Crippen molar-refractivity contribution in [3.05, 3.63) is 26.9 Å². The van der Waals surface area contributed by atoms with Gasteiger partial charge in [-0.1, -0.05) is 0 Å². The fourth-order valence-corrected chi connectivity index (χ4v) is 1.31. The highest BCUT2D eigenvalue weighted by Gasteiger charge is 2.04. The lowest BCUT2D eigenvalue weighted by molar-refractivity contribution is 0.424. The minimum Gasteiger partial charge on any atom is -0.370 e. The van der Waals surface area contributed by atoms with Crippen molar-refractivity contribution in [3.63, 3.8) is 0 Å². The van der Waals surface area contributed by atoms with Crippen LogP contribution in [0.1, 0.15) is 0 Å². The third kappa shape index (κ3) is 2.73. The van der Waals surface area contributed by atoms with Crippen LogP contribution in [0.25, 0.3) is 0 Å². The van der Waals surface area contributed by atoms with Gasteiger partial charge in [0, 0.05) is 33.3 Å². The maximum Gasteiger partial charge on any atom is 0.332 e. The predicted octanol–water partition coefficient (Wildman–Crippen LogP) is -0.942. The van der Waals surface area contributed by atoms with Crippen molar-refractivity contribution < 1.29 is 0 Å². The van der Waals surface area contributed by atoms with Crippen molar-refractivity contribution in [1.29, 1.82) is 0 Å². The fraction of sp³-hybridized carbons (Fsp3) is 0.600. The van der Waals surface area contributed by atoms with Gasteiger partial charge in [-0.3, -0.25) is 13.9 Å². The number of rotatable bonds is 4. The number of hydrogen-bond acceptors (Lipinski definition) is 4. The molecule has 0 bridgehead atoms. The van der Waals surface area contributed by atoms with Crippen LogP contribution in [0.2, 0.25) is 0 Å². The van der Waals surface area contributed by atoms with Gasteiger partial charge < -0.3 is 10.2 Å². The second kappa shape index (κ2) is 4.98. The summed E-state index contributed by atoms with van der Waals surface area (Å²) in [5.74, 6) is 0.551. The Hall–Kier alpha value is -1.56. The molecule has 90 valence electrons. The molecule has 1 heterocycles. The Balaban J connectivity index is 2.90. The van der Waals surface area contributed by atoms with Gasteiger partial charge in [0.2, 0.25) is 0 Å². The second-order valence-electron chi connectivity index (χ2n) is 4.00. The highest BCUT2D eigenvalue weighted by atomic mass is 16.2. The molecule has 0 atom stereocenters. The summed E-state index contributed by atoms with van der Waals surface area (Å²) in [6.07, 6.45) is 0. The zero-order valence-corrected chi connectivity index (χ0v) is 10.1. The Kier molecular flexibility index (Phi) is 3.89. The van der Waals surface area contributed by atoms with Crippen LogP contribution in [-0.2, 0) is 14.1 Å². The molecule has 1 N–H and O–H groups in total. The van der Waals surface area contributed by atoms with Gasteiger partial charge >= 0.3 is 5.69 Å². The maximum absolute atomic E-state index is 11.6. The van der Waals surface area contributed by atoms with Crippen LogP contribution in [0, 0.1) is 0 Å². The Morgan fingerprint density at radius 1 is 1.25 bits per heavy atom. The number of anilines is 1. The van der Waals surface area contributed by atoms with Gasteiger partial charge in [0.15, 0.2) is 0 Å². The van der Waals surface area contributed by atoms with Crippen LogP contribution < -0.4 is 16.6 Å². The standard InChI is InChI=1S/C10H18N4O2/c1-12(2)6-5-11-8-7-9(15)14(4)10(16)13(8)3/h7,11H,5-6H2,1-4H3. The minimum absolute atomic E-state index is 0.296. The lowest BCUT2D eigenvalue weighted by Crippen LogP contribution is -2.38. The van der Waals surface area contributed by atoms with E-state index in [1.165, 1.54) is 17.7 Å². The van der Waals surface area contributed by atoms with Crippen molar-refractivity contribution >= 4 is 5.82 Å². The van der Waals surface area contributed by atoms with Gasteiger partial charge in [-0.15, -0.1) is 0 Å². The first-order chi connectivity index (χ1) is 7.43. The summed E-state index contributed by atoms with van der Waals surface area (Å²) in [7, 11) is 7.03. The van der Waals surface area contributed by atoms with Crippen LogP contribution in [0.3, 0.4) is 0 Å². The third-order valence-corrected chi connectivity index (χ3v) is 2.39. The summed E-state index contributed by atoms with van der Waals surface area (Å²) in [5, 5.41) is 3.06. The molecule has 0 fully saturated rings. The number of likely N-dealkylation sites (N-methyl/N-ethyl adjacent to an activating group) is 1. The van der Waals surface area contributed by atoms with E-state index in [-0.39, 0.29) is 11.2 Å². The van der Waals surface area contributed by atoms with Gasteiger partial charge in [-0.25, -0.2) is 4.79 Å². The first-order valence-corrected chi connectivity index (χ1v) is 5.09. The van der Waals surface area contributed by atoms with Gasteiger partial charge in [0.05, 0.1) is 0 Å². The van der Waals surface area contributed by atoms with Gasteiger partial charge in [-0.05, 0) is 14.1 Å². The Labute approximate surface area is 94.1 Å². The van der Waals surface area contributed by atoms with Crippen LogP contribution in [0.15, 0.2) is 15.7 Å². The molecule has 1 aromatic rings. The van der Waals surface area contributed by atoms with Crippen LogP contribution in [-0.4, -0.2) is 41.2 Å². The molecule has 0 aliphatic carbocycles. The van der Waals surface area contributed by atoms with E-state index in [0.717, 1.165) is 11.1 Å². The molecule has 0 aliphatic rings. The third-order valence-electron chi connectivity index (χ3n) is 2.39. The van der Waals surface area contributed by atoms with E-state index in [9.17, 15) is 9.59 Å². The molecule has 1 aromatic heterocycles. The lowest BCUT2D eigenvalue weighted by atomic mass is 10.5. The topological polar surface area (TPSA) is 59.3 Å². The maximum atomic E-state index is 11.6. The van der Waals surface area contributed by atoms with Crippen molar-refractivity contribution in [3.8, 4) is 0 Å². The zero-order chi connectivity index (χ0) is 12.3. The van der Waals surface area contributed by atoms with Crippen LogP contribution in [0.4, 0.5) is 5.82 Å². The summed E-state index contributed by atoms with van der Waals surface area (Å²) in [5.41, 5.74) is -0.615. The lowest BCUT2D eigenvalue weighted by Gasteiger charge is -2.14. The molecule has 0 aromatic carbocycles. The molecule has 6 heteroatoms. The number of nitrogens with one attached hydrogen (secondary N) is 1. The quantitative estimate of drug-likeness (QED) is 0.719. The highest BCUT2D eigenvalue weighted by Crippen LogP contribution is 1.96. The predicted molar refractivity (Wildman–Crippen MR) is 64.0 cm³/mol. The molecule has 16 heavy (non-hydrogen) atoms. The number of aromatic nitrogens is 2. The van der Waals surface area contributed by atoms with Crippen LogP contribution >= 0.6 is 0 Å². The van der Waals surface area contributed by atoms with E-state index >= 15 is 0 Å². The van der Waals surface area contributed by atoms with E-state index in [1.807, 2.05) is 19.0 Å². The van der Waals surface area contributed by atoms with Gasteiger partial charge in [-0.2, -0.15) is 0 Å². The molecule has 0 radical (unpaired) electrons. The van der Waals surface area contributed by atoms with E-state index in [2.05, 4.69) is 5.32 Å². The Bertz CT molecular complexity index is 473. The Morgan fingerprint density at radius 3 is 2.44 bits per heavy atom. The average molecular weight is 226 g/mol. The largest absolute Gasteiger partial charge is 0.370 e. The normalized spacial score (nSPS) is 10.8. The molecular formula is C10H18N4O2. The Morgan fingerprint density at radius 2 is 1.88 bits per heavy atom. The molecule has 0 saturated carbocycles. The second-order valence-corrected chi connectivity index (χ2v) is 4.00. The zero-order valence-electron chi connectivity index (χ0n) is 10.1. The molecule has 0 unspecified atom stereocenters. The van der Waals surface area contributed by atoms with Crippen molar-refractivity contribution in [2.45, 2.75) is 0 Å². The van der Waals surface area contributed by atoms with Crippen molar-refractivity contribution in [2.24, 2.45) is 14.1 Å². The van der Waals surface area contributed by atoms with E-state index < -0.39 is 0 Å².